The first-order chi connectivity index (χ1) is 13.0. The third kappa shape index (κ3) is 3.35. The third-order valence-corrected chi connectivity index (χ3v) is 4.89. The van der Waals surface area contributed by atoms with Crippen molar-refractivity contribution in [2.24, 2.45) is 0 Å². The van der Waals surface area contributed by atoms with E-state index < -0.39 is 40.5 Å². The molecule has 0 heterocycles. The van der Waals surface area contributed by atoms with Gasteiger partial charge in [0.2, 0.25) is 0 Å². The Morgan fingerprint density at radius 1 is 0.897 bits per heavy atom. The van der Waals surface area contributed by atoms with Crippen molar-refractivity contribution in [3.05, 3.63) is 64.0 Å². The van der Waals surface area contributed by atoms with Crippen molar-refractivity contribution >= 4 is 15.9 Å². The SMILES string of the molecule is CC1=CC(c2ccccc2C#N)(C(F)(C(F)(F)F)C(F)(F)C(F)(F)F)C=C(Br)[CH]1. The number of rotatable bonds is 3. The summed E-state index contributed by atoms with van der Waals surface area (Å²) in [4.78, 5) is 0. The summed E-state index contributed by atoms with van der Waals surface area (Å²) < 4.78 is 124. The van der Waals surface area contributed by atoms with Crippen molar-refractivity contribution < 1.29 is 39.5 Å². The summed E-state index contributed by atoms with van der Waals surface area (Å²) in [6.45, 7) is 1.10. The highest BCUT2D eigenvalue weighted by Gasteiger charge is 2.87. The van der Waals surface area contributed by atoms with Crippen LogP contribution in [0, 0.1) is 17.8 Å². The van der Waals surface area contributed by atoms with Crippen LogP contribution in [0.15, 0.2) is 46.5 Å². The number of benzene rings is 1. The van der Waals surface area contributed by atoms with Gasteiger partial charge in [0.1, 0.15) is 0 Å². The molecule has 2 atom stereocenters. The van der Waals surface area contributed by atoms with Crippen molar-refractivity contribution in [3.63, 3.8) is 0 Å². The lowest BCUT2D eigenvalue weighted by molar-refractivity contribution is -0.392. The first kappa shape index (κ1) is 23.3. The van der Waals surface area contributed by atoms with Crippen LogP contribution in [0.3, 0.4) is 0 Å². The molecule has 0 aliphatic heterocycles. The average Bonchev–Trinajstić information content (AvgIpc) is 2.57. The number of hydrogen-bond donors (Lipinski definition) is 0. The lowest BCUT2D eigenvalue weighted by Gasteiger charge is -2.48. The normalized spacial score (nSPS) is 23.0. The molecule has 11 heteroatoms. The van der Waals surface area contributed by atoms with Gasteiger partial charge in [-0.1, -0.05) is 51.9 Å². The largest absolute Gasteiger partial charge is 0.457 e. The monoisotopic (exact) mass is 490 g/mol. The quantitative estimate of drug-likeness (QED) is 0.432. The van der Waals surface area contributed by atoms with Gasteiger partial charge in [0.05, 0.1) is 17.0 Å². The van der Waals surface area contributed by atoms with Gasteiger partial charge in [-0.15, -0.1) is 0 Å². The summed E-state index contributed by atoms with van der Waals surface area (Å²) in [7, 11) is 0. The molecule has 1 aliphatic carbocycles. The molecule has 1 aromatic carbocycles. The van der Waals surface area contributed by atoms with Crippen molar-refractivity contribution in [1.29, 1.82) is 5.26 Å². The Kier molecular flexibility index (Phi) is 5.69. The second kappa shape index (κ2) is 7.07. The highest BCUT2D eigenvalue weighted by atomic mass is 79.9. The summed E-state index contributed by atoms with van der Waals surface area (Å²) in [6, 6.07) is 5.17. The molecule has 1 nitrogen and oxygen atoms in total. The number of alkyl halides is 9. The minimum Gasteiger partial charge on any atom is -0.225 e. The standard InChI is InChI=1S/C18H10BrF9N/c1-10-6-12(19)8-14(7-10,13-5-3-2-4-11(13)9-29)15(20,17(23,24)25)16(21,22)18(26,27)28/h2-8H,1H3. The molecule has 2 rings (SSSR count). The number of halogens is 10. The zero-order chi connectivity index (χ0) is 22.5. The van der Waals surface area contributed by atoms with Gasteiger partial charge in [-0.25, -0.2) is 4.39 Å². The van der Waals surface area contributed by atoms with Gasteiger partial charge in [0, 0.05) is 10.9 Å². The predicted molar refractivity (Wildman–Crippen MR) is 88.8 cm³/mol. The summed E-state index contributed by atoms with van der Waals surface area (Å²) in [5, 5.41) is 9.20. The molecule has 0 saturated heterocycles. The van der Waals surface area contributed by atoms with E-state index in [-0.39, 0.29) is 16.1 Å². The maximum absolute atomic E-state index is 15.6. The summed E-state index contributed by atoms with van der Waals surface area (Å²) in [5.41, 5.74) is -11.8. The van der Waals surface area contributed by atoms with Gasteiger partial charge >= 0.3 is 18.3 Å². The van der Waals surface area contributed by atoms with Crippen LogP contribution in [0.2, 0.25) is 0 Å². The Balaban J connectivity index is 3.13. The first-order valence-corrected chi connectivity index (χ1v) is 8.47. The van der Waals surface area contributed by atoms with Crippen LogP contribution in [0.25, 0.3) is 0 Å². The summed E-state index contributed by atoms with van der Waals surface area (Å²) >= 11 is 2.75. The van der Waals surface area contributed by atoms with E-state index in [0.717, 1.165) is 31.5 Å². The second-order valence-corrected chi connectivity index (χ2v) is 7.23. The van der Waals surface area contributed by atoms with E-state index in [9.17, 15) is 40.4 Å². The zero-order valence-electron chi connectivity index (χ0n) is 14.3. The van der Waals surface area contributed by atoms with Gasteiger partial charge in [-0.2, -0.15) is 40.4 Å². The highest BCUT2D eigenvalue weighted by Crippen LogP contribution is 2.63. The maximum atomic E-state index is 15.6. The third-order valence-electron chi connectivity index (χ3n) is 4.43. The Bertz CT molecular complexity index is 887. The lowest BCUT2D eigenvalue weighted by atomic mass is 9.61. The zero-order valence-corrected chi connectivity index (χ0v) is 15.9. The summed E-state index contributed by atoms with van der Waals surface area (Å²) in [5.74, 6) is -6.86. The fourth-order valence-corrected chi connectivity index (χ4v) is 3.99. The molecule has 0 saturated carbocycles. The maximum Gasteiger partial charge on any atom is 0.457 e. The first-order valence-electron chi connectivity index (χ1n) is 7.67. The molecular formula is C18H10BrF9N. The van der Waals surface area contributed by atoms with E-state index in [0.29, 0.717) is 12.1 Å². The Morgan fingerprint density at radius 2 is 1.45 bits per heavy atom. The molecule has 29 heavy (non-hydrogen) atoms. The van der Waals surface area contributed by atoms with E-state index >= 15 is 4.39 Å². The van der Waals surface area contributed by atoms with Crippen LogP contribution in [0.5, 0.6) is 0 Å². The molecule has 157 valence electrons. The number of nitriles is 1. The minimum atomic E-state index is -6.88. The van der Waals surface area contributed by atoms with Crippen LogP contribution in [0.4, 0.5) is 39.5 Å². The molecule has 0 spiro atoms. The van der Waals surface area contributed by atoms with E-state index in [1.165, 1.54) is 6.07 Å². The number of nitrogens with zero attached hydrogens (tertiary/aromatic N) is 1. The molecule has 0 N–H and O–H groups in total. The topological polar surface area (TPSA) is 23.8 Å². The van der Waals surface area contributed by atoms with Crippen LogP contribution in [0.1, 0.15) is 18.1 Å². The number of hydrogen-bond acceptors (Lipinski definition) is 1. The molecule has 0 amide bonds. The van der Waals surface area contributed by atoms with Crippen molar-refractivity contribution in [3.8, 4) is 6.07 Å². The van der Waals surface area contributed by atoms with E-state index in [2.05, 4.69) is 15.9 Å². The Labute approximate surface area is 167 Å². The Hall–Kier alpha value is -1.96. The second-order valence-electron chi connectivity index (χ2n) is 6.32. The smallest absolute Gasteiger partial charge is 0.225 e. The molecular weight excluding hydrogens is 481 g/mol. The molecule has 0 aromatic heterocycles. The molecule has 0 bridgehead atoms. The molecule has 1 aromatic rings. The van der Waals surface area contributed by atoms with E-state index in [1.54, 1.807) is 0 Å². The van der Waals surface area contributed by atoms with Gasteiger partial charge < -0.3 is 0 Å². The van der Waals surface area contributed by atoms with E-state index in [1.807, 2.05) is 0 Å². The summed E-state index contributed by atoms with van der Waals surface area (Å²) in [6.07, 6.45) is -11.9. The minimum absolute atomic E-state index is 0.226. The fourth-order valence-electron chi connectivity index (χ4n) is 3.27. The number of allylic oxidation sites excluding steroid dienone is 4. The average molecular weight is 491 g/mol. The molecule has 1 aliphatic rings. The molecule has 0 fully saturated rings. The van der Waals surface area contributed by atoms with Gasteiger partial charge in [-0.3, -0.25) is 0 Å². The molecule has 1 radical (unpaired) electrons. The highest BCUT2D eigenvalue weighted by molar-refractivity contribution is 9.11. The van der Waals surface area contributed by atoms with Gasteiger partial charge in [0.15, 0.2) is 0 Å². The van der Waals surface area contributed by atoms with E-state index in [4.69, 9.17) is 0 Å². The van der Waals surface area contributed by atoms with Gasteiger partial charge in [-0.05, 0) is 18.6 Å². The van der Waals surface area contributed by atoms with Crippen molar-refractivity contribution in [2.75, 3.05) is 0 Å². The van der Waals surface area contributed by atoms with Crippen LogP contribution >= 0.6 is 15.9 Å². The fraction of sp³-hybridized carbons (Fsp3) is 0.333. The Morgan fingerprint density at radius 3 is 1.90 bits per heavy atom. The van der Waals surface area contributed by atoms with Crippen molar-refractivity contribution in [2.45, 2.75) is 36.3 Å². The van der Waals surface area contributed by atoms with Crippen LogP contribution < -0.4 is 0 Å². The molecule has 2 unspecified atom stereocenters. The lowest BCUT2D eigenvalue weighted by Crippen LogP contribution is -2.71. The van der Waals surface area contributed by atoms with Crippen LogP contribution in [-0.2, 0) is 5.41 Å². The van der Waals surface area contributed by atoms with Gasteiger partial charge in [0.25, 0.3) is 5.67 Å². The van der Waals surface area contributed by atoms with Crippen molar-refractivity contribution in [1.82, 2.24) is 0 Å². The predicted octanol–water partition coefficient (Wildman–Crippen LogP) is 6.71. The van der Waals surface area contributed by atoms with Crippen LogP contribution in [-0.4, -0.2) is 23.9 Å².